The second kappa shape index (κ2) is 7.31. The van der Waals surface area contributed by atoms with Gasteiger partial charge in [-0.15, -0.1) is 0 Å². The van der Waals surface area contributed by atoms with Crippen LogP contribution in [0.2, 0.25) is 0 Å². The highest BCUT2D eigenvalue weighted by Gasteiger charge is 2.20. The zero-order chi connectivity index (χ0) is 14.2. The molecular weight excluding hydrogens is 248 g/mol. The Bertz CT molecular complexity index is 530. The van der Waals surface area contributed by atoms with E-state index in [-0.39, 0.29) is 6.04 Å². The van der Waals surface area contributed by atoms with Gasteiger partial charge in [-0.1, -0.05) is 43.2 Å². The maximum Gasteiger partial charge on any atom is 0.182 e. The van der Waals surface area contributed by atoms with E-state index in [4.69, 9.17) is 5.26 Å². The summed E-state index contributed by atoms with van der Waals surface area (Å²) in [6.45, 7) is 0. The predicted molar refractivity (Wildman–Crippen MR) is 77.7 cm³/mol. The second-order valence-corrected chi connectivity index (χ2v) is 5.06. The number of hydrogen-bond acceptors (Lipinski definition) is 3. The van der Waals surface area contributed by atoms with Crippen molar-refractivity contribution in [3.8, 4) is 12.3 Å². The van der Waals surface area contributed by atoms with E-state index in [0.29, 0.717) is 12.3 Å². The minimum absolute atomic E-state index is 0.262. The normalized spacial score (nSPS) is 17.2. The van der Waals surface area contributed by atoms with Gasteiger partial charge in [0.15, 0.2) is 6.19 Å². The molecule has 1 atom stereocenters. The molecule has 1 fully saturated rings. The Labute approximate surface area is 119 Å². The van der Waals surface area contributed by atoms with Crippen molar-refractivity contribution in [1.29, 1.82) is 10.5 Å². The minimum Gasteiger partial charge on any atom is -0.280 e. The molecule has 4 heteroatoms. The highest BCUT2D eigenvalue weighted by atomic mass is 15.0. The van der Waals surface area contributed by atoms with E-state index in [9.17, 15) is 5.26 Å². The molecular formula is C16H18N4. The van der Waals surface area contributed by atoms with E-state index in [1.165, 1.54) is 12.8 Å². The third-order valence-electron chi connectivity index (χ3n) is 3.60. The van der Waals surface area contributed by atoms with Crippen molar-refractivity contribution >= 4 is 5.84 Å². The number of aliphatic imine (C=N–C) groups is 1. The highest BCUT2D eigenvalue weighted by molar-refractivity contribution is 5.88. The summed E-state index contributed by atoms with van der Waals surface area (Å²) >= 11 is 0. The zero-order valence-electron chi connectivity index (χ0n) is 11.4. The molecule has 2 rings (SSSR count). The smallest absolute Gasteiger partial charge is 0.182 e. The molecule has 1 saturated carbocycles. The number of nitrogens with zero attached hydrogens (tertiary/aromatic N) is 3. The van der Waals surface area contributed by atoms with Crippen LogP contribution in [0, 0.1) is 28.7 Å². The van der Waals surface area contributed by atoms with Crippen molar-refractivity contribution in [3.05, 3.63) is 35.9 Å². The quantitative estimate of drug-likeness (QED) is 0.394. The molecule has 0 amide bonds. The van der Waals surface area contributed by atoms with Crippen LogP contribution in [0.1, 0.15) is 31.2 Å². The lowest BCUT2D eigenvalue weighted by Gasteiger charge is -2.13. The lowest BCUT2D eigenvalue weighted by atomic mass is 9.99. The molecule has 0 aliphatic heterocycles. The predicted octanol–water partition coefficient (Wildman–Crippen LogP) is 2.78. The Balaban J connectivity index is 2.13. The Hall–Kier alpha value is -2.33. The molecule has 1 aromatic rings. The SMILES string of the molecule is N#CNC(=NC1CCCC1)C(C#N)Cc1ccccc1. The van der Waals surface area contributed by atoms with Gasteiger partial charge in [0.25, 0.3) is 0 Å². The molecule has 0 saturated heterocycles. The number of amidine groups is 1. The monoisotopic (exact) mass is 266 g/mol. The average Bonchev–Trinajstić information content (AvgIpc) is 2.98. The maximum absolute atomic E-state index is 9.38. The van der Waals surface area contributed by atoms with Crippen molar-refractivity contribution in [1.82, 2.24) is 5.32 Å². The number of hydrogen-bond donors (Lipinski definition) is 1. The summed E-state index contributed by atoms with van der Waals surface area (Å²) < 4.78 is 0. The third kappa shape index (κ3) is 3.83. The molecule has 102 valence electrons. The molecule has 4 nitrogen and oxygen atoms in total. The highest BCUT2D eigenvalue weighted by Crippen LogP contribution is 2.22. The molecule has 0 bridgehead atoms. The van der Waals surface area contributed by atoms with Crippen LogP contribution in [0.5, 0.6) is 0 Å². The summed E-state index contributed by atoms with van der Waals surface area (Å²) in [5.41, 5.74) is 1.08. The Morgan fingerprint density at radius 1 is 1.25 bits per heavy atom. The molecule has 0 radical (unpaired) electrons. The molecule has 1 aliphatic carbocycles. The van der Waals surface area contributed by atoms with Gasteiger partial charge in [0, 0.05) is 0 Å². The van der Waals surface area contributed by atoms with Crippen LogP contribution in [0.3, 0.4) is 0 Å². The van der Waals surface area contributed by atoms with Gasteiger partial charge in [-0.2, -0.15) is 10.5 Å². The van der Waals surface area contributed by atoms with Gasteiger partial charge in [0.2, 0.25) is 0 Å². The van der Waals surface area contributed by atoms with Gasteiger partial charge in [0.05, 0.1) is 12.1 Å². The van der Waals surface area contributed by atoms with Gasteiger partial charge in [-0.3, -0.25) is 10.3 Å². The first-order chi connectivity index (χ1) is 9.83. The largest absolute Gasteiger partial charge is 0.280 e. The van der Waals surface area contributed by atoms with Crippen molar-refractivity contribution < 1.29 is 0 Å². The van der Waals surface area contributed by atoms with Crippen molar-refractivity contribution in [2.24, 2.45) is 10.9 Å². The fourth-order valence-electron chi connectivity index (χ4n) is 2.55. The van der Waals surface area contributed by atoms with Crippen LogP contribution in [-0.4, -0.2) is 11.9 Å². The van der Waals surface area contributed by atoms with Gasteiger partial charge >= 0.3 is 0 Å². The van der Waals surface area contributed by atoms with Gasteiger partial charge in [-0.05, 0) is 24.8 Å². The first-order valence-corrected chi connectivity index (χ1v) is 7.00. The second-order valence-electron chi connectivity index (χ2n) is 5.06. The third-order valence-corrected chi connectivity index (χ3v) is 3.60. The molecule has 1 aliphatic rings. The summed E-state index contributed by atoms with van der Waals surface area (Å²) in [7, 11) is 0. The summed E-state index contributed by atoms with van der Waals surface area (Å²) in [6.07, 6.45) is 6.97. The number of benzene rings is 1. The molecule has 1 N–H and O–H groups in total. The van der Waals surface area contributed by atoms with Crippen LogP contribution < -0.4 is 5.32 Å². The van der Waals surface area contributed by atoms with E-state index in [2.05, 4.69) is 16.4 Å². The molecule has 0 heterocycles. The first kappa shape index (κ1) is 14.1. The number of nitriles is 2. The number of nitrogens with one attached hydrogen (secondary N) is 1. The Kier molecular flexibility index (Phi) is 5.15. The topological polar surface area (TPSA) is 72.0 Å². The number of rotatable bonds is 4. The Morgan fingerprint density at radius 3 is 2.55 bits per heavy atom. The zero-order valence-corrected chi connectivity index (χ0v) is 11.4. The molecule has 0 aromatic heterocycles. The summed E-state index contributed by atoms with van der Waals surface area (Å²) in [6, 6.07) is 12.4. The van der Waals surface area contributed by atoms with E-state index in [1.807, 2.05) is 36.5 Å². The van der Waals surface area contributed by atoms with Gasteiger partial charge in [0.1, 0.15) is 11.8 Å². The molecule has 20 heavy (non-hydrogen) atoms. The van der Waals surface area contributed by atoms with Gasteiger partial charge in [-0.25, -0.2) is 0 Å². The van der Waals surface area contributed by atoms with Crippen molar-refractivity contribution in [2.75, 3.05) is 0 Å². The fourth-order valence-corrected chi connectivity index (χ4v) is 2.55. The van der Waals surface area contributed by atoms with E-state index in [1.54, 1.807) is 0 Å². The van der Waals surface area contributed by atoms with E-state index < -0.39 is 5.92 Å². The van der Waals surface area contributed by atoms with Crippen LogP contribution in [0.25, 0.3) is 0 Å². The van der Waals surface area contributed by atoms with Crippen LogP contribution >= 0.6 is 0 Å². The Morgan fingerprint density at radius 2 is 1.95 bits per heavy atom. The molecule has 1 unspecified atom stereocenters. The standard InChI is InChI=1S/C16H18N4/c17-11-14(10-13-6-2-1-3-7-13)16(19-12-18)20-15-8-4-5-9-15/h1-3,6-7,14-15H,4-5,8-10H2,(H,19,20). The van der Waals surface area contributed by atoms with Crippen LogP contribution in [0.4, 0.5) is 0 Å². The van der Waals surface area contributed by atoms with Crippen molar-refractivity contribution in [3.63, 3.8) is 0 Å². The first-order valence-electron chi connectivity index (χ1n) is 7.00. The van der Waals surface area contributed by atoms with Crippen LogP contribution in [0.15, 0.2) is 35.3 Å². The molecule has 1 aromatic carbocycles. The lowest BCUT2D eigenvalue weighted by molar-refractivity contribution is 0.688. The van der Waals surface area contributed by atoms with Gasteiger partial charge < -0.3 is 0 Å². The summed E-state index contributed by atoms with van der Waals surface area (Å²) in [5, 5.41) is 20.9. The lowest BCUT2D eigenvalue weighted by Crippen LogP contribution is -2.29. The maximum atomic E-state index is 9.38. The van der Waals surface area contributed by atoms with E-state index >= 15 is 0 Å². The van der Waals surface area contributed by atoms with E-state index in [0.717, 1.165) is 18.4 Å². The summed E-state index contributed by atoms with van der Waals surface area (Å²) in [4.78, 5) is 4.59. The minimum atomic E-state index is -0.391. The molecule has 0 spiro atoms. The van der Waals surface area contributed by atoms with Crippen molar-refractivity contribution in [2.45, 2.75) is 38.1 Å². The average molecular weight is 266 g/mol. The fraction of sp³-hybridized carbons (Fsp3) is 0.438. The van der Waals surface area contributed by atoms with Crippen LogP contribution in [-0.2, 0) is 6.42 Å². The summed E-state index contributed by atoms with van der Waals surface area (Å²) in [5.74, 6) is 0.128.